The second-order valence-electron chi connectivity index (χ2n) is 7.23. The number of rotatable bonds is 7. The molecule has 0 aliphatic carbocycles. The molecular weight excluding hydrogens is 490 g/mol. The highest BCUT2D eigenvalue weighted by atomic mass is 35.5. The van der Waals surface area contributed by atoms with Gasteiger partial charge in [-0.1, -0.05) is 23.4 Å². The van der Waals surface area contributed by atoms with Gasteiger partial charge in [0.2, 0.25) is 11.6 Å². The maximum atomic E-state index is 11.1. The van der Waals surface area contributed by atoms with Crippen molar-refractivity contribution in [1.29, 1.82) is 0 Å². The van der Waals surface area contributed by atoms with Crippen LogP contribution in [-0.4, -0.2) is 40.4 Å². The molecule has 0 atom stereocenters. The van der Waals surface area contributed by atoms with Crippen molar-refractivity contribution < 1.29 is 24.5 Å². The van der Waals surface area contributed by atoms with Gasteiger partial charge in [0.15, 0.2) is 17.3 Å². The summed E-state index contributed by atoms with van der Waals surface area (Å²) >= 11 is 6.18. The van der Waals surface area contributed by atoms with Crippen LogP contribution in [0.4, 0.5) is 11.8 Å². The van der Waals surface area contributed by atoms with E-state index in [1.165, 1.54) is 32.4 Å². The second-order valence-corrected chi connectivity index (χ2v) is 7.64. The zero-order chi connectivity index (χ0) is 26.4. The lowest BCUT2D eigenvalue weighted by Crippen LogP contribution is -2.04. The molecule has 6 N–H and O–H groups in total. The van der Waals surface area contributed by atoms with Crippen LogP contribution in [0.5, 0.6) is 11.5 Å². The Hall–Kier alpha value is -4.82. The van der Waals surface area contributed by atoms with E-state index in [4.69, 9.17) is 37.6 Å². The molecule has 0 fully saturated rings. The molecule has 1 aromatic heterocycles. The van der Waals surface area contributed by atoms with Crippen molar-refractivity contribution in [3.8, 4) is 23.3 Å². The Morgan fingerprint density at radius 2 is 1.89 bits per heavy atom. The third-order valence-electron chi connectivity index (χ3n) is 4.93. The molecule has 0 aliphatic heterocycles. The van der Waals surface area contributed by atoms with Crippen LogP contribution < -0.4 is 20.9 Å². The minimum Gasteiger partial charge on any atom is -0.505 e. The molecule has 0 aliphatic rings. The number of carboxylic acids is 1. The summed E-state index contributed by atoms with van der Waals surface area (Å²) in [6.45, 7) is 0. The lowest BCUT2D eigenvalue weighted by atomic mass is 10.0. The fourth-order valence-corrected chi connectivity index (χ4v) is 3.51. The lowest BCUT2D eigenvalue weighted by molar-refractivity contribution is -0.132. The van der Waals surface area contributed by atoms with Gasteiger partial charge in [-0.2, -0.15) is 4.98 Å². The number of methoxy groups -OCH3 is 2. The number of anilines is 2. The number of nitrogen functional groups attached to an aromatic ring is 2. The highest BCUT2D eigenvalue weighted by molar-refractivity contribution is 6.32. The third kappa shape index (κ3) is 5.63. The number of aliphatic carboxylic acids is 1. The molecule has 0 radical (unpaired) electrons. The number of hydrogen-bond acceptors (Lipinski definition) is 10. The highest BCUT2D eigenvalue weighted by Crippen LogP contribution is 2.33. The molecule has 0 amide bonds. The van der Waals surface area contributed by atoms with Crippen LogP contribution in [0, 0.1) is 16.7 Å². The number of aliphatic hydroxyl groups excluding tert-OH is 1. The number of aromatic nitrogens is 2. The van der Waals surface area contributed by atoms with Gasteiger partial charge in [-0.15, -0.1) is 4.91 Å². The number of carbonyl (C=O) groups is 1. The van der Waals surface area contributed by atoms with Gasteiger partial charge < -0.3 is 31.2 Å². The fourth-order valence-electron chi connectivity index (χ4n) is 3.24. The van der Waals surface area contributed by atoms with E-state index >= 15 is 0 Å². The van der Waals surface area contributed by atoms with E-state index in [0.29, 0.717) is 34.6 Å². The van der Waals surface area contributed by atoms with Crippen LogP contribution in [0.15, 0.2) is 47.4 Å². The number of nitrogens with zero attached hydrogens (tertiary/aromatic N) is 3. The first-order valence-electron chi connectivity index (χ1n) is 10.1. The van der Waals surface area contributed by atoms with Gasteiger partial charge >= 0.3 is 5.97 Å². The first-order chi connectivity index (χ1) is 17.2. The van der Waals surface area contributed by atoms with Crippen molar-refractivity contribution in [2.45, 2.75) is 6.42 Å². The van der Waals surface area contributed by atoms with Crippen LogP contribution in [0.3, 0.4) is 0 Å². The summed E-state index contributed by atoms with van der Waals surface area (Å²) in [4.78, 5) is 29.7. The minimum atomic E-state index is -1.68. The van der Waals surface area contributed by atoms with Crippen molar-refractivity contribution in [3.63, 3.8) is 0 Å². The highest BCUT2D eigenvalue weighted by Gasteiger charge is 2.19. The molecule has 184 valence electrons. The van der Waals surface area contributed by atoms with E-state index in [-0.39, 0.29) is 22.4 Å². The molecule has 0 unspecified atom stereocenters. The molecule has 0 saturated carbocycles. The van der Waals surface area contributed by atoms with Crippen LogP contribution in [0.25, 0.3) is 5.76 Å². The van der Waals surface area contributed by atoms with E-state index in [1.807, 2.05) is 0 Å². The van der Waals surface area contributed by atoms with Crippen molar-refractivity contribution in [1.82, 2.24) is 9.97 Å². The average Bonchev–Trinajstić information content (AvgIpc) is 2.84. The summed E-state index contributed by atoms with van der Waals surface area (Å²) < 4.78 is 10.9. The summed E-state index contributed by atoms with van der Waals surface area (Å²) in [7, 11) is 2.98. The molecule has 0 spiro atoms. The van der Waals surface area contributed by atoms with Gasteiger partial charge in [-0.05, 0) is 41.1 Å². The first-order valence-corrected chi connectivity index (χ1v) is 10.5. The molecule has 36 heavy (non-hydrogen) atoms. The maximum Gasteiger partial charge on any atom is 0.362 e. The van der Waals surface area contributed by atoms with Gasteiger partial charge in [-0.3, -0.25) is 0 Å². The van der Waals surface area contributed by atoms with Crippen molar-refractivity contribution in [2.24, 2.45) is 5.18 Å². The van der Waals surface area contributed by atoms with Gasteiger partial charge in [-0.25, -0.2) is 9.78 Å². The maximum absolute atomic E-state index is 11.1. The molecule has 11 nitrogen and oxygen atoms in total. The number of benzene rings is 2. The van der Waals surface area contributed by atoms with Gasteiger partial charge in [0.1, 0.15) is 5.82 Å². The number of ether oxygens (including phenoxy) is 2. The molecular formula is C24H20ClN5O6. The van der Waals surface area contributed by atoms with E-state index in [1.54, 1.807) is 18.3 Å². The Kier molecular flexibility index (Phi) is 7.93. The SMILES string of the molecule is COc1cc(Cc2cnc(N)nc2N)cc(C#Cc2ccc(C(O)=C(N=O)C(=O)O)c(Cl)c2)c1OC. The first kappa shape index (κ1) is 25.8. The van der Waals surface area contributed by atoms with E-state index in [9.17, 15) is 14.8 Å². The van der Waals surface area contributed by atoms with E-state index in [2.05, 4.69) is 27.0 Å². The quantitative estimate of drug-likeness (QED) is 0.159. The normalized spacial score (nSPS) is 11.1. The molecule has 0 bridgehead atoms. The summed E-state index contributed by atoms with van der Waals surface area (Å²) in [5.41, 5.74) is 12.8. The largest absolute Gasteiger partial charge is 0.505 e. The predicted molar refractivity (Wildman–Crippen MR) is 134 cm³/mol. The van der Waals surface area contributed by atoms with Crippen LogP contribution in [-0.2, 0) is 11.2 Å². The predicted octanol–water partition coefficient (Wildman–Crippen LogP) is 3.38. The number of nitroso groups, excluding NO2 is 1. The summed E-state index contributed by atoms with van der Waals surface area (Å²) in [6, 6.07) is 7.80. The van der Waals surface area contributed by atoms with E-state index in [0.717, 1.165) is 5.56 Å². The minimum absolute atomic E-state index is 0.0289. The number of hydrogen-bond donors (Lipinski definition) is 4. The zero-order valence-electron chi connectivity index (χ0n) is 19.1. The molecule has 0 saturated heterocycles. The Balaban J connectivity index is 2.02. The average molecular weight is 510 g/mol. The number of aliphatic hydroxyl groups is 1. The van der Waals surface area contributed by atoms with Crippen LogP contribution in [0.1, 0.15) is 27.8 Å². The smallest absolute Gasteiger partial charge is 0.362 e. The van der Waals surface area contributed by atoms with E-state index < -0.39 is 17.4 Å². The molecule has 12 heteroatoms. The third-order valence-corrected chi connectivity index (χ3v) is 5.25. The van der Waals surface area contributed by atoms with Crippen LogP contribution in [0.2, 0.25) is 5.02 Å². The zero-order valence-corrected chi connectivity index (χ0v) is 19.8. The number of carboxylic acid groups (broad SMARTS) is 1. The van der Waals surface area contributed by atoms with Gasteiger partial charge in [0, 0.05) is 29.3 Å². The lowest BCUT2D eigenvalue weighted by Gasteiger charge is -2.13. The monoisotopic (exact) mass is 509 g/mol. The topological polar surface area (TPSA) is 183 Å². The molecule has 3 rings (SSSR count). The molecule has 1 heterocycles. The molecule has 3 aromatic rings. The van der Waals surface area contributed by atoms with Crippen LogP contribution >= 0.6 is 11.6 Å². The Morgan fingerprint density at radius 3 is 2.47 bits per heavy atom. The van der Waals surface area contributed by atoms with Crippen molar-refractivity contribution >= 4 is 35.1 Å². The second kappa shape index (κ2) is 11.1. The Morgan fingerprint density at radius 1 is 1.14 bits per heavy atom. The number of halogens is 1. The number of nitrogens with two attached hydrogens (primary N) is 2. The fraction of sp³-hybridized carbons (Fsp3) is 0.125. The Labute approximate surface area is 210 Å². The van der Waals surface area contributed by atoms with Crippen molar-refractivity contribution in [3.05, 3.63) is 80.0 Å². The Bertz CT molecular complexity index is 1440. The van der Waals surface area contributed by atoms with Gasteiger partial charge in [0.25, 0.3) is 0 Å². The van der Waals surface area contributed by atoms with Crippen molar-refractivity contribution in [2.75, 3.05) is 25.7 Å². The van der Waals surface area contributed by atoms with Gasteiger partial charge in [0.05, 0.1) is 24.8 Å². The summed E-state index contributed by atoms with van der Waals surface area (Å²) in [5, 5.41) is 21.4. The standard InChI is InChI=1S/C24H20ClN5O6/c1-35-18-10-13(8-15-11-28-24(27)29-22(15)26)7-14(21(18)36-2)5-3-12-4-6-16(17(25)9-12)20(31)19(30-34)23(32)33/h4,6-7,9-11,31H,8H2,1-2H3,(H,32,33)(H4,26,27,28,29). The summed E-state index contributed by atoms with van der Waals surface area (Å²) in [5.74, 6) is 4.58. The summed E-state index contributed by atoms with van der Waals surface area (Å²) in [6.07, 6.45) is 1.92. The molecule has 2 aromatic carbocycles.